The number of rotatable bonds is 3. The van der Waals surface area contributed by atoms with Crippen molar-refractivity contribution in [2.24, 2.45) is 0 Å². The van der Waals surface area contributed by atoms with Gasteiger partial charge in [-0.2, -0.15) is 0 Å². The maximum Gasteiger partial charge on any atom is 0.292 e. The molecule has 8 heteroatoms. The molecular weight excluding hydrogens is 362 g/mol. The van der Waals surface area contributed by atoms with Gasteiger partial charge < -0.3 is 11.1 Å². The van der Waals surface area contributed by atoms with Gasteiger partial charge in [-0.1, -0.05) is 27.5 Å². The third kappa shape index (κ3) is 3.50. The highest BCUT2D eigenvalue weighted by Crippen LogP contribution is 2.27. The molecule has 2 rings (SSSR count). The van der Waals surface area contributed by atoms with E-state index in [1.165, 1.54) is 12.1 Å². The maximum atomic E-state index is 12.1. The second kappa shape index (κ2) is 6.11. The van der Waals surface area contributed by atoms with Crippen molar-refractivity contribution in [2.45, 2.75) is 0 Å². The first-order chi connectivity index (χ1) is 9.88. The zero-order valence-electron chi connectivity index (χ0n) is 10.5. The molecule has 0 aliphatic rings. The average molecular weight is 371 g/mol. The molecule has 0 saturated heterocycles. The van der Waals surface area contributed by atoms with Crippen LogP contribution in [-0.4, -0.2) is 10.8 Å². The molecule has 1 amide bonds. The van der Waals surface area contributed by atoms with Crippen molar-refractivity contribution < 1.29 is 9.72 Å². The largest absolute Gasteiger partial charge is 0.393 e. The van der Waals surface area contributed by atoms with Gasteiger partial charge in [-0.3, -0.25) is 14.9 Å². The second-order valence-corrected chi connectivity index (χ2v) is 5.43. The van der Waals surface area contributed by atoms with Gasteiger partial charge in [0.1, 0.15) is 5.69 Å². The molecule has 21 heavy (non-hydrogen) atoms. The van der Waals surface area contributed by atoms with Crippen LogP contribution in [-0.2, 0) is 0 Å². The first-order valence-electron chi connectivity index (χ1n) is 5.69. The smallest absolute Gasteiger partial charge is 0.292 e. The number of hydrogen-bond acceptors (Lipinski definition) is 4. The highest BCUT2D eigenvalue weighted by molar-refractivity contribution is 9.10. The van der Waals surface area contributed by atoms with Gasteiger partial charge in [0.15, 0.2) is 0 Å². The minimum Gasteiger partial charge on any atom is -0.393 e. The number of hydrogen-bond donors (Lipinski definition) is 2. The summed E-state index contributed by atoms with van der Waals surface area (Å²) in [7, 11) is 0. The zero-order chi connectivity index (χ0) is 15.6. The van der Waals surface area contributed by atoms with Crippen LogP contribution in [0.3, 0.4) is 0 Å². The minimum absolute atomic E-state index is 0.00274. The molecule has 0 atom stereocenters. The number of benzene rings is 2. The number of anilines is 2. The quantitative estimate of drug-likeness (QED) is 0.487. The number of nitrogens with zero attached hydrogens (tertiary/aromatic N) is 1. The van der Waals surface area contributed by atoms with Crippen molar-refractivity contribution in [3.05, 3.63) is 61.6 Å². The van der Waals surface area contributed by atoms with E-state index in [0.717, 1.165) is 10.5 Å². The number of nitrogens with one attached hydrogen (secondary N) is 1. The van der Waals surface area contributed by atoms with Crippen LogP contribution < -0.4 is 11.1 Å². The summed E-state index contributed by atoms with van der Waals surface area (Å²) in [4.78, 5) is 22.3. The SMILES string of the molecule is Nc1ccc(C(=O)Nc2cc(Br)ccc2Cl)cc1[N+](=O)[O-]. The lowest BCUT2D eigenvalue weighted by Gasteiger charge is -2.08. The molecule has 6 nitrogen and oxygen atoms in total. The van der Waals surface area contributed by atoms with E-state index in [9.17, 15) is 14.9 Å². The van der Waals surface area contributed by atoms with Crippen molar-refractivity contribution in [3.63, 3.8) is 0 Å². The van der Waals surface area contributed by atoms with E-state index in [1.54, 1.807) is 18.2 Å². The average Bonchev–Trinajstić information content (AvgIpc) is 2.43. The summed E-state index contributed by atoms with van der Waals surface area (Å²) in [6, 6.07) is 8.82. The van der Waals surface area contributed by atoms with Crippen molar-refractivity contribution in [1.29, 1.82) is 0 Å². The van der Waals surface area contributed by atoms with Crippen LogP contribution in [0.15, 0.2) is 40.9 Å². The topological polar surface area (TPSA) is 98.3 Å². The molecular formula is C13H9BrClN3O3. The first-order valence-corrected chi connectivity index (χ1v) is 6.86. The van der Waals surface area contributed by atoms with Gasteiger partial charge >= 0.3 is 0 Å². The van der Waals surface area contributed by atoms with Gasteiger partial charge in [0.2, 0.25) is 0 Å². The summed E-state index contributed by atoms with van der Waals surface area (Å²) in [5.74, 6) is -0.516. The number of amides is 1. The molecule has 0 aliphatic carbocycles. The van der Waals surface area contributed by atoms with E-state index in [4.69, 9.17) is 17.3 Å². The highest BCUT2D eigenvalue weighted by Gasteiger charge is 2.16. The third-order valence-corrected chi connectivity index (χ3v) is 3.49. The number of nitro benzene ring substituents is 1. The van der Waals surface area contributed by atoms with Gasteiger partial charge in [0.05, 0.1) is 15.6 Å². The Labute approximate surface area is 133 Å². The van der Waals surface area contributed by atoms with Crippen molar-refractivity contribution in [3.8, 4) is 0 Å². The molecule has 0 heterocycles. The monoisotopic (exact) mass is 369 g/mol. The van der Waals surface area contributed by atoms with Crippen LogP contribution >= 0.6 is 27.5 Å². The molecule has 0 unspecified atom stereocenters. The van der Waals surface area contributed by atoms with Crippen molar-refractivity contribution >= 4 is 50.5 Å². The molecule has 2 aromatic carbocycles. The Kier molecular flexibility index (Phi) is 4.44. The predicted molar refractivity (Wildman–Crippen MR) is 84.6 cm³/mol. The first kappa shape index (κ1) is 15.3. The van der Waals surface area contributed by atoms with Gasteiger partial charge in [-0.15, -0.1) is 0 Å². The lowest BCUT2D eigenvalue weighted by Crippen LogP contribution is -2.13. The van der Waals surface area contributed by atoms with Crippen molar-refractivity contribution in [1.82, 2.24) is 0 Å². The fourth-order valence-electron chi connectivity index (χ4n) is 1.63. The predicted octanol–water partition coefficient (Wildman–Crippen LogP) is 3.85. The number of nitro groups is 1. The Balaban J connectivity index is 2.30. The Morgan fingerprint density at radius 1 is 1.29 bits per heavy atom. The van der Waals surface area contributed by atoms with Crippen molar-refractivity contribution in [2.75, 3.05) is 11.1 Å². The number of carbonyl (C=O) groups excluding carboxylic acids is 1. The summed E-state index contributed by atoms with van der Waals surface area (Å²) in [6.07, 6.45) is 0. The van der Waals surface area contributed by atoms with E-state index < -0.39 is 10.8 Å². The Hall–Kier alpha value is -2.12. The molecule has 2 aromatic rings. The lowest BCUT2D eigenvalue weighted by molar-refractivity contribution is -0.383. The highest BCUT2D eigenvalue weighted by atomic mass is 79.9. The molecule has 0 aromatic heterocycles. The third-order valence-electron chi connectivity index (χ3n) is 2.67. The second-order valence-electron chi connectivity index (χ2n) is 4.11. The van der Waals surface area contributed by atoms with Gasteiger partial charge in [0, 0.05) is 16.1 Å². The Bertz CT molecular complexity index is 737. The van der Waals surface area contributed by atoms with Crippen LogP contribution in [0.1, 0.15) is 10.4 Å². The minimum atomic E-state index is -0.641. The summed E-state index contributed by atoms with van der Waals surface area (Å²) in [5, 5.41) is 13.8. The van der Waals surface area contributed by atoms with Crippen LogP contribution in [0, 0.1) is 10.1 Å². The lowest BCUT2D eigenvalue weighted by atomic mass is 10.1. The van der Waals surface area contributed by atoms with E-state index in [0.29, 0.717) is 10.7 Å². The van der Waals surface area contributed by atoms with E-state index >= 15 is 0 Å². The van der Waals surface area contributed by atoms with Crippen LogP contribution in [0.4, 0.5) is 17.1 Å². The fraction of sp³-hybridized carbons (Fsp3) is 0. The summed E-state index contributed by atoms with van der Waals surface area (Å²) < 4.78 is 0.741. The number of nitrogens with two attached hydrogens (primary N) is 1. The van der Waals surface area contributed by atoms with Gasteiger partial charge in [-0.05, 0) is 30.3 Å². The van der Waals surface area contributed by atoms with Crippen LogP contribution in [0.2, 0.25) is 5.02 Å². The van der Waals surface area contributed by atoms with Crippen LogP contribution in [0.5, 0.6) is 0 Å². The molecule has 0 aliphatic heterocycles. The van der Waals surface area contributed by atoms with Gasteiger partial charge in [0.25, 0.3) is 11.6 Å². The molecule has 0 radical (unpaired) electrons. The summed E-state index contributed by atoms with van der Waals surface area (Å²) >= 11 is 9.24. The Morgan fingerprint density at radius 3 is 2.67 bits per heavy atom. The molecule has 3 N–H and O–H groups in total. The standard InChI is InChI=1S/C13H9BrClN3O3/c14-8-2-3-9(15)11(6-8)17-13(19)7-1-4-10(16)12(5-7)18(20)21/h1-6H,16H2,(H,17,19). The van der Waals surface area contributed by atoms with Gasteiger partial charge in [-0.25, -0.2) is 0 Å². The summed E-state index contributed by atoms with van der Waals surface area (Å²) in [6.45, 7) is 0. The van der Waals surface area contributed by atoms with E-state index in [-0.39, 0.29) is 16.9 Å². The maximum absolute atomic E-state index is 12.1. The van der Waals surface area contributed by atoms with Crippen LogP contribution in [0.25, 0.3) is 0 Å². The molecule has 0 saturated carbocycles. The number of nitrogen functional groups attached to an aromatic ring is 1. The Morgan fingerprint density at radius 2 is 2.00 bits per heavy atom. The summed E-state index contributed by atoms with van der Waals surface area (Å²) in [5.41, 5.74) is 5.68. The molecule has 0 spiro atoms. The normalized spacial score (nSPS) is 10.2. The molecule has 0 fully saturated rings. The molecule has 108 valence electrons. The van der Waals surface area contributed by atoms with E-state index in [2.05, 4.69) is 21.2 Å². The van der Waals surface area contributed by atoms with E-state index in [1.807, 2.05) is 0 Å². The number of carbonyl (C=O) groups is 1. The fourth-order valence-corrected chi connectivity index (χ4v) is 2.16. The number of halogens is 2. The zero-order valence-corrected chi connectivity index (χ0v) is 12.8. The molecule has 0 bridgehead atoms.